The highest BCUT2D eigenvalue weighted by Gasteiger charge is 2.24. The van der Waals surface area contributed by atoms with Crippen molar-refractivity contribution in [3.63, 3.8) is 0 Å². The van der Waals surface area contributed by atoms with Crippen molar-refractivity contribution in [3.8, 4) is 23.5 Å². The molecule has 3 aromatic rings. The molecule has 146 valence electrons. The highest BCUT2D eigenvalue weighted by atomic mass is 16.2. The van der Waals surface area contributed by atoms with Gasteiger partial charge >= 0.3 is 0 Å². The first-order valence-electron chi connectivity index (χ1n) is 8.94. The maximum Gasteiger partial charge on any atom is 0.259 e. The summed E-state index contributed by atoms with van der Waals surface area (Å²) in [5.74, 6) is 2.37. The summed E-state index contributed by atoms with van der Waals surface area (Å²) >= 11 is 0. The Labute approximate surface area is 167 Å². The summed E-state index contributed by atoms with van der Waals surface area (Å²) in [6, 6.07) is 4.58. The largest absolute Gasteiger partial charge is 0.369 e. The SMILES string of the molecule is C#C[C@@H]1CC(=O)Nc2cccc(C(=O)Nc3nn(C)cc3-c3cnn(C)c3)c2N1. The van der Waals surface area contributed by atoms with E-state index < -0.39 is 6.04 Å². The lowest BCUT2D eigenvalue weighted by Gasteiger charge is -2.15. The third-order valence-electron chi connectivity index (χ3n) is 4.57. The normalized spacial score (nSPS) is 15.5. The first kappa shape index (κ1) is 18.3. The molecule has 1 aliphatic heterocycles. The lowest BCUT2D eigenvalue weighted by Crippen LogP contribution is -2.22. The minimum absolute atomic E-state index is 0.123. The maximum absolute atomic E-state index is 13.1. The fraction of sp³-hybridized carbons (Fsp3) is 0.200. The molecule has 2 aromatic heterocycles. The molecule has 1 aromatic carbocycles. The highest BCUT2D eigenvalue weighted by molar-refractivity contribution is 6.12. The number of aryl methyl sites for hydroxylation is 2. The van der Waals surface area contributed by atoms with Crippen molar-refractivity contribution >= 4 is 29.0 Å². The first-order valence-corrected chi connectivity index (χ1v) is 8.94. The number of hydrogen-bond donors (Lipinski definition) is 3. The number of carbonyl (C=O) groups is 2. The van der Waals surface area contributed by atoms with E-state index in [9.17, 15) is 9.59 Å². The van der Waals surface area contributed by atoms with Gasteiger partial charge < -0.3 is 16.0 Å². The van der Waals surface area contributed by atoms with Crippen LogP contribution in [0.15, 0.2) is 36.8 Å². The molecule has 9 heteroatoms. The van der Waals surface area contributed by atoms with E-state index in [0.29, 0.717) is 22.8 Å². The fourth-order valence-electron chi connectivity index (χ4n) is 3.24. The van der Waals surface area contributed by atoms with Crippen molar-refractivity contribution in [2.75, 3.05) is 16.0 Å². The van der Waals surface area contributed by atoms with Crippen LogP contribution >= 0.6 is 0 Å². The van der Waals surface area contributed by atoms with Crippen LogP contribution in [0.2, 0.25) is 0 Å². The van der Waals surface area contributed by atoms with Crippen molar-refractivity contribution in [1.29, 1.82) is 0 Å². The van der Waals surface area contributed by atoms with E-state index >= 15 is 0 Å². The van der Waals surface area contributed by atoms with Gasteiger partial charge in [0.25, 0.3) is 5.91 Å². The van der Waals surface area contributed by atoms with Crippen LogP contribution in [0.5, 0.6) is 0 Å². The predicted molar refractivity (Wildman–Crippen MR) is 109 cm³/mol. The van der Waals surface area contributed by atoms with Crippen LogP contribution in [0, 0.1) is 12.3 Å². The number of benzene rings is 1. The lowest BCUT2D eigenvalue weighted by atomic mass is 10.1. The number of hydrogen-bond acceptors (Lipinski definition) is 5. The summed E-state index contributed by atoms with van der Waals surface area (Å²) in [5.41, 5.74) is 2.93. The van der Waals surface area contributed by atoms with Gasteiger partial charge in [0, 0.05) is 37.6 Å². The predicted octanol–water partition coefficient (Wildman–Crippen LogP) is 1.83. The van der Waals surface area contributed by atoms with E-state index in [2.05, 4.69) is 32.1 Å². The molecule has 4 rings (SSSR count). The van der Waals surface area contributed by atoms with Gasteiger partial charge in [-0.1, -0.05) is 12.0 Å². The molecule has 3 heterocycles. The van der Waals surface area contributed by atoms with Gasteiger partial charge in [-0.2, -0.15) is 10.2 Å². The van der Waals surface area contributed by atoms with Crippen molar-refractivity contribution in [3.05, 3.63) is 42.4 Å². The number of anilines is 3. The first-order chi connectivity index (χ1) is 13.9. The van der Waals surface area contributed by atoms with Crippen LogP contribution in [0.3, 0.4) is 0 Å². The van der Waals surface area contributed by atoms with E-state index in [1.54, 1.807) is 40.8 Å². The molecule has 0 bridgehead atoms. The summed E-state index contributed by atoms with van der Waals surface area (Å²) in [7, 11) is 3.60. The molecule has 1 aliphatic rings. The average Bonchev–Trinajstić information content (AvgIpc) is 3.22. The molecular weight excluding hydrogens is 370 g/mol. The van der Waals surface area contributed by atoms with E-state index in [0.717, 1.165) is 11.1 Å². The van der Waals surface area contributed by atoms with Gasteiger partial charge in [-0.25, -0.2) is 0 Å². The Bertz CT molecular complexity index is 1150. The minimum atomic E-state index is -0.508. The zero-order valence-corrected chi connectivity index (χ0v) is 15.9. The third-order valence-corrected chi connectivity index (χ3v) is 4.57. The van der Waals surface area contributed by atoms with Crippen molar-refractivity contribution in [1.82, 2.24) is 19.6 Å². The van der Waals surface area contributed by atoms with Gasteiger partial charge in [-0.3, -0.25) is 19.0 Å². The molecule has 29 heavy (non-hydrogen) atoms. The molecule has 0 aliphatic carbocycles. The Balaban J connectivity index is 1.69. The van der Waals surface area contributed by atoms with Crippen molar-refractivity contribution < 1.29 is 9.59 Å². The van der Waals surface area contributed by atoms with Crippen LogP contribution < -0.4 is 16.0 Å². The Morgan fingerprint density at radius 3 is 2.86 bits per heavy atom. The molecule has 0 saturated heterocycles. The summed E-state index contributed by atoms with van der Waals surface area (Å²) in [6.45, 7) is 0. The third kappa shape index (κ3) is 3.55. The van der Waals surface area contributed by atoms with Crippen LogP contribution in [-0.2, 0) is 18.9 Å². The number of fused-ring (bicyclic) bond motifs is 1. The van der Waals surface area contributed by atoms with Gasteiger partial charge in [0.2, 0.25) is 5.91 Å². The van der Waals surface area contributed by atoms with Crippen LogP contribution in [-0.4, -0.2) is 37.4 Å². The highest BCUT2D eigenvalue weighted by Crippen LogP contribution is 2.32. The zero-order chi connectivity index (χ0) is 20.5. The summed E-state index contributed by atoms with van der Waals surface area (Å²) in [4.78, 5) is 25.1. The molecular formula is C20H19N7O2. The Kier molecular flexibility index (Phi) is 4.52. The van der Waals surface area contributed by atoms with E-state index in [4.69, 9.17) is 6.42 Å². The van der Waals surface area contributed by atoms with Crippen molar-refractivity contribution in [2.45, 2.75) is 12.5 Å². The number of terminal acetylenes is 1. The number of rotatable bonds is 3. The Morgan fingerprint density at radius 1 is 1.31 bits per heavy atom. The number of para-hydroxylation sites is 1. The van der Waals surface area contributed by atoms with Crippen LogP contribution in [0.1, 0.15) is 16.8 Å². The lowest BCUT2D eigenvalue weighted by molar-refractivity contribution is -0.116. The molecule has 0 saturated carbocycles. The van der Waals surface area contributed by atoms with E-state index in [1.165, 1.54) is 0 Å². The Hall–Kier alpha value is -4.06. The second kappa shape index (κ2) is 7.16. The molecule has 1 atom stereocenters. The van der Waals surface area contributed by atoms with Gasteiger partial charge in [0.15, 0.2) is 5.82 Å². The van der Waals surface area contributed by atoms with Crippen LogP contribution in [0.4, 0.5) is 17.2 Å². The minimum Gasteiger partial charge on any atom is -0.369 e. The van der Waals surface area contributed by atoms with Gasteiger partial charge in [-0.05, 0) is 12.1 Å². The molecule has 2 amide bonds. The number of carbonyl (C=O) groups excluding carboxylic acids is 2. The second-order valence-corrected chi connectivity index (χ2v) is 6.77. The number of aromatic nitrogens is 4. The smallest absolute Gasteiger partial charge is 0.259 e. The monoisotopic (exact) mass is 389 g/mol. The van der Waals surface area contributed by atoms with E-state index in [1.807, 2.05) is 19.4 Å². The molecule has 0 unspecified atom stereocenters. The summed E-state index contributed by atoms with van der Waals surface area (Å²) in [6.07, 6.45) is 11.0. The van der Waals surface area contributed by atoms with Gasteiger partial charge in [-0.15, -0.1) is 6.42 Å². The van der Waals surface area contributed by atoms with Gasteiger partial charge in [0.05, 0.1) is 35.6 Å². The standard InChI is InChI=1S/C20H19N7O2/c1-4-13-8-17(28)23-16-7-5-6-14(18(16)22-13)20(29)24-19-15(11-27(3)25-19)12-9-21-26(2)10-12/h1,5-7,9-11,13,22H,8H2,2-3H3,(H,23,28)(H,24,25,29)/t13-/m1/s1. The summed E-state index contributed by atoms with van der Waals surface area (Å²) < 4.78 is 3.30. The number of amides is 2. The molecule has 0 fully saturated rings. The quantitative estimate of drug-likeness (QED) is 0.593. The Morgan fingerprint density at radius 2 is 2.14 bits per heavy atom. The number of nitrogens with zero attached hydrogens (tertiary/aromatic N) is 4. The molecule has 3 N–H and O–H groups in total. The maximum atomic E-state index is 13.1. The topological polar surface area (TPSA) is 106 Å². The second-order valence-electron chi connectivity index (χ2n) is 6.77. The summed E-state index contributed by atoms with van der Waals surface area (Å²) in [5, 5.41) is 17.3. The fourth-order valence-corrected chi connectivity index (χ4v) is 3.24. The van der Waals surface area contributed by atoms with E-state index in [-0.39, 0.29) is 18.2 Å². The van der Waals surface area contributed by atoms with Crippen LogP contribution in [0.25, 0.3) is 11.1 Å². The molecule has 9 nitrogen and oxygen atoms in total. The van der Waals surface area contributed by atoms with Crippen molar-refractivity contribution in [2.24, 2.45) is 14.1 Å². The number of nitrogens with one attached hydrogen (secondary N) is 3. The average molecular weight is 389 g/mol. The molecule has 0 spiro atoms. The zero-order valence-electron chi connectivity index (χ0n) is 15.9. The molecule has 0 radical (unpaired) electrons. The van der Waals surface area contributed by atoms with Gasteiger partial charge in [0.1, 0.15) is 0 Å².